The van der Waals surface area contributed by atoms with Gasteiger partial charge in [-0.1, -0.05) is 6.42 Å². The van der Waals surface area contributed by atoms with E-state index in [0.717, 1.165) is 44.8 Å². The molecule has 3 rings (SSSR count). The molecule has 2 fully saturated rings. The molecular formula is C26H40F2N4O5. The lowest BCUT2D eigenvalue weighted by Gasteiger charge is -2.38. The summed E-state index contributed by atoms with van der Waals surface area (Å²) in [4.78, 5) is 25.8. The minimum atomic E-state index is -1.18. The predicted octanol–water partition coefficient (Wildman–Crippen LogP) is 3.51. The van der Waals surface area contributed by atoms with E-state index in [0.29, 0.717) is 44.1 Å². The zero-order valence-corrected chi connectivity index (χ0v) is 21.5. The molecule has 1 aromatic carbocycles. The van der Waals surface area contributed by atoms with Crippen molar-refractivity contribution in [1.82, 2.24) is 20.9 Å². The van der Waals surface area contributed by atoms with E-state index in [9.17, 15) is 18.4 Å². The Hall–Kier alpha value is -2.50. The van der Waals surface area contributed by atoms with Gasteiger partial charge in [-0.25, -0.2) is 18.4 Å². The fourth-order valence-electron chi connectivity index (χ4n) is 5.29. The summed E-state index contributed by atoms with van der Waals surface area (Å²) < 4.78 is 39.7. The Balaban J connectivity index is 1.65. The number of halogens is 2. The van der Waals surface area contributed by atoms with Gasteiger partial charge in [0.1, 0.15) is 11.6 Å². The predicted molar refractivity (Wildman–Crippen MR) is 134 cm³/mol. The van der Waals surface area contributed by atoms with Crippen LogP contribution in [0.1, 0.15) is 50.2 Å². The number of nitrogens with one attached hydrogen (secondary N) is 3. The first-order valence-electron chi connectivity index (χ1n) is 13.2. The van der Waals surface area contributed by atoms with E-state index in [1.54, 1.807) is 4.90 Å². The van der Waals surface area contributed by atoms with Crippen molar-refractivity contribution in [2.45, 2.75) is 50.7 Å². The third-order valence-electron chi connectivity index (χ3n) is 6.96. The van der Waals surface area contributed by atoms with Crippen LogP contribution in [0.5, 0.6) is 0 Å². The summed E-state index contributed by atoms with van der Waals surface area (Å²) in [5.41, 5.74) is 0.335. The summed E-state index contributed by atoms with van der Waals surface area (Å²) in [6.07, 6.45) is 3.67. The molecule has 2 heterocycles. The molecule has 2 aliphatic heterocycles. The highest BCUT2D eigenvalue weighted by Gasteiger charge is 2.32. The van der Waals surface area contributed by atoms with Crippen LogP contribution in [-0.4, -0.2) is 81.2 Å². The minimum Gasteiger partial charge on any atom is -0.465 e. The van der Waals surface area contributed by atoms with Gasteiger partial charge in [0.05, 0.1) is 12.7 Å². The van der Waals surface area contributed by atoms with E-state index in [1.807, 2.05) is 7.05 Å². The number of rotatable bonds is 11. The molecule has 9 nitrogen and oxygen atoms in total. The van der Waals surface area contributed by atoms with Crippen molar-refractivity contribution in [3.63, 3.8) is 0 Å². The number of urea groups is 1. The Morgan fingerprint density at radius 1 is 1.19 bits per heavy atom. The zero-order chi connectivity index (χ0) is 26.6. The van der Waals surface area contributed by atoms with Crippen LogP contribution in [0.25, 0.3) is 0 Å². The summed E-state index contributed by atoms with van der Waals surface area (Å²) in [6, 6.07) is 3.05. The van der Waals surface area contributed by atoms with Gasteiger partial charge in [0.2, 0.25) is 0 Å². The van der Waals surface area contributed by atoms with Crippen molar-refractivity contribution < 1.29 is 33.0 Å². The van der Waals surface area contributed by atoms with Crippen molar-refractivity contribution in [2.24, 2.45) is 11.8 Å². The standard InChI is InChI=1S/C26H40F2N4O5/c1-29-15-23(11-18-5-2-3-9-36-17-18)31-25(33)32-8-4-6-19(16-32)24(37-10-7-30-26(34)35)20-12-21(27)14-22(28)13-20/h12-14,18-19,23-24,29-30H,2-11,15-17H2,1H3,(H,31,33)(H,34,35). The Labute approximate surface area is 217 Å². The molecule has 3 amide bonds. The van der Waals surface area contributed by atoms with Gasteiger partial charge in [-0.3, -0.25) is 0 Å². The first-order valence-corrected chi connectivity index (χ1v) is 13.2. The largest absolute Gasteiger partial charge is 0.465 e. The SMILES string of the molecule is CNCC(CC1CCCCOC1)NC(=O)N1CCCC(C(OCCNC(=O)O)c2cc(F)cc(F)c2)C1. The number of carboxylic acid groups (broad SMARTS) is 1. The van der Waals surface area contributed by atoms with Crippen LogP contribution in [0.3, 0.4) is 0 Å². The Morgan fingerprint density at radius 3 is 2.70 bits per heavy atom. The van der Waals surface area contributed by atoms with Crippen LogP contribution in [0.15, 0.2) is 18.2 Å². The molecule has 0 aromatic heterocycles. The number of carbonyl (C=O) groups excluding carboxylic acids is 1. The second-order valence-corrected chi connectivity index (χ2v) is 9.95. The molecule has 0 spiro atoms. The van der Waals surface area contributed by atoms with Gasteiger partial charge < -0.3 is 35.4 Å². The highest BCUT2D eigenvalue weighted by molar-refractivity contribution is 5.74. The Bertz CT molecular complexity index is 849. The molecule has 0 bridgehead atoms. The number of hydrogen-bond donors (Lipinski definition) is 4. The number of amides is 3. The quantitative estimate of drug-likeness (QED) is 0.329. The molecule has 4 N–H and O–H groups in total. The van der Waals surface area contributed by atoms with E-state index in [2.05, 4.69) is 16.0 Å². The summed E-state index contributed by atoms with van der Waals surface area (Å²) in [6.45, 7) is 3.15. The highest BCUT2D eigenvalue weighted by Crippen LogP contribution is 2.34. The van der Waals surface area contributed by atoms with Gasteiger partial charge in [-0.2, -0.15) is 0 Å². The van der Waals surface area contributed by atoms with Crippen LogP contribution in [0.4, 0.5) is 18.4 Å². The molecule has 37 heavy (non-hydrogen) atoms. The fourth-order valence-corrected chi connectivity index (χ4v) is 5.29. The third-order valence-corrected chi connectivity index (χ3v) is 6.96. The van der Waals surface area contributed by atoms with E-state index in [1.165, 1.54) is 12.1 Å². The molecule has 2 aliphatic rings. The normalized spacial score (nSPS) is 22.1. The number of hydrogen-bond acceptors (Lipinski definition) is 5. The number of piperidine rings is 1. The Kier molecular flexibility index (Phi) is 11.8. The zero-order valence-electron chi connectivity index (χ0n) is 21.5. The number of likely N-dealkylation sites (N-methyl/N-ethyl adjacent to an activating group) is 1. The van der Waals surface area contributed by atoms with E-state index in [4.69, 9.17) is 14.6 Å². The summed E-state index contributed by atoms with van der Waals surface area (Å²) >= 11 is 0. The second kappa shape index (κ2) is 15.0. The molecule has 0 aliphatic carbocycles. The van der Waals surface area contributed by atoms with E-state index < -0.39 is 23.8 Å². The molecule has 1 aromatic rings. The lowest BCUT2D eigenvalue weighted by molar-refractivity contribution is -0.00885. The maximum atomic E-state index is 14.0. The van der Waals surface area contributed by atoms with Crippen molar-refractivity contribution >= 4 is 12.1 Å². The van der Waals surface area contributed by atoms with Crippen molar-refractivity contribution in [3.05, 3.63) is 35.4 Å². The lowest BCUT2D eigenvalue weighted by Crippen LogP contribution is -2.52. The average Bonchev–Trinajstić information content (AvgIpc) is 3.12. The van der Waals surface area contributed by atoms with Crippen LogP contribution < -0.4 is 16.0 Å². The van der Waals surface area contributed by atoms with Gasteiger partial charge in [-0.15, -0.1) is 0 Å². The molecule has 0 radical (unpaired) electrons. The first kappa shape index (κ1) is 29.1. The maximum absolute atomic E-state index is 14.0. The number of benzene rings is 1. The Morgan fingerprint density at radius 2 is 1.97 bits per heavy atom. The average molecular weight is 527 g/mol. The molecule has 208 valence electrons. The van der Waals surface area contributed by atoms with Crippen LogP contribution in [-0.2, 0) is 9.47 Å². The van der Waals surface area contributed by atoms with E-state index in [-0.39, 0.29) is 31.1 Å². The van der Waals surface area contributed by atoms with Crippen molar-refractivity contribution in [3.8, 4) is 0 Å². The highest BCUT2D eigenvalue weighted by atomic mass is 19.1. The van der Waals surface area contributed by atoms with Crippen LogP contribution in [0, 0.1) is 23.5 Å². The first-order chi connectivity index (χ1) is 17.9. The van der Waals surface area contributed by atoms with Gasteiger partial charge in [0, 0.05) is 57.4 Å². The van der Waals surface area contributed by atoms with Crippen molar-refractivity contribution in [2.75, 3.05) is 53.0 Å². The fraction of sp³-hybridized carbons (Fsp3) is 0.692. The number of ether oxygens (including phenoxy) is 2. The minimum absolute atomic E-state index is 0.0332. The molecule has 4 atom stereocenters. The van der Waals surface area contributed by atoms with E-state index >= 15 is 0 Å². The summed E-state index contributed by atoms with van der Waals surface area (Å²) in [7, 11) is 1.86. The van der Waals surface area contributed by atoms with Gasteiger partial charge in [0.15, 0.2) is 0 Å². The number of likely N-dealkylation sites (tertiary alicyclic amines) is 1. The number of nitrogens with zero attached hydrogens (tertiary/aromatic N) is 1. The van der Waals surface area contributed by atoms with Gasteiger partial charge in [-0.05, 0) is 62.8 Å². The van der Waals surface area contributed by atoms with Crippen LogP contribution in [0.2, 0.25) is 0 Å². The van der Waals surface area contributed by atoms with Crippen LogP contribution >= 0.6 is 0 Å². The molecule has 2 saturated heterocycles. The summed E-state index contributed by atoms with van der Waals surface area (Å²) in [5.74, 6) is -1.23. The smallest absolute Gasteiger partial charge is 0.404 e. The van der Waals surface area contributed by atoms with Gasteiger partial charge in [0.25, 0.3) is 0 Å². The molecule has 4 unspecified atom stereocenters. The molecule has 0 saturated carbocycles. The third kappa shape index (κ3) is 9.71. The number of carbonyl (C=O) groups is 2. The second-order valence-electron chi connectivity index (χ2n) is 9.95. The summed E-state index contributed by atoms with van der Waals surface area (Å²) in [5, 5.41) is 17.4. The topological polar surface area (TPSA) is 112 Å². The molecule has 11 heteroatoms. The maximum Gasteiger partial charge on any atom is 0.404 e. The van der Waals surface area contributed by atoms with Crippen molar-refractivity contribution in [1.29, 1.82) is 0 Å². The monoisotopic (exact) mass is 526 g/mol. The molecular weight excluding hydrogens is 486 g/mol. The van der Waals surface area contributed by atoms with Gasteiger partial charge >= 0.3 is 12.1 Å². The lowest BCUT2D eigenvalue weighted by atomic mass is 9.88.